The third-order valence-corrected chi connectivity index (χ3v) is 7.01. The van der Waals surface area contributed by atoms with E-state index in [4.69, 9.17) is 4.74 Å². The third-order valence-electron chi connectivity index (χ3n) is 7.01. The topological polar surface area (TPSA) is 84.4 Å². The van der Waals surface area contributed by atoms with Crippen molar-refractivity contribution in [3.63, 3.8) is 0 Å². The molecule has 2 heterocycles. The fourth-order valence-electron chi connectivity index (χ4n) is 4.92. The maximum atomic E-state index is 14.6. The van der Waals surface area contributed by atoms with Gasteiger partial charge in [0, 0.05) is 49.2 Å². The zero-order chi connectivity index (χ0) is 26.4. The van der Waals surface area contributed by atoms with Gasteiger partial charge in [0.25, 0.3) is 5.92 Å². The first-order valence-corrected chi connectivity index (χ1v) is 12.3. The lowest BCUT2D eigenvalue weighted by molar-refractivity contribution is -0.148. The Hall–Kier alpha value is -4.21. The average Bonchev–Trinajstić information content (AvgIpc) is 2.88. The lowest BCUT2D eigenvalue weighted by atomic mass is 9.91. The molecule has 0 bridgehead atoms. The molecule has 2 aromatic carbocycles. The van der Waals surface area contributed by atoms with Gasteiger partial charge in [0.1, 0.15) is 6.10 Å². The number of aromatic nitrogens is 2. The van der Waals surface area contributed by atoms with Crippen molar-refractivity contribution in [2.45, 2.75) is 44.3 Å². The van der Waals surface area contributed by atoms with Gasteiger partial charge in [-0.25, -0.2) is 27.9 Å². The highest BCUT2D eigenvalue weighted by Gasteiger charge is 2.48. The molecule has 3 aromatic rings. The number of carbonyl (C=O) groups is 2. The Morgan fingerprint density at radius 3 is 2.79 bits per heavy atom. The number of carbonyl (C=O) groups excluding carboxylic acids is 2. The Bertz CT molecular complexity index is 1480. The predicted octanol–water partition coefficient (Wildman–Crippen LogP) is 5.92. The first-order valence-electron chi connectivity index (χ1n) is 12.3. The van der Waals surface area contributed by atoms with E-state index in [1.807, 2.05) is 18.2 Å². The van der Waals surface area contributed by atoms with Gasteiger partial charge >= 0.3 is 6.09 Å². The zero-order valence-electron chi connectivity index (χ0n) is 20.2. The van der Waals surface area contributed by atoms with Crippen LogP contribution < -0.4 is 5.32 Å². The largest absolute Gasteiger partial charge is 0.446 e. The van der Waals surface area contributed by atoms with E-state index >= 15 is 0 Å². The standard InChI is InChI=1S/C28H23F3N4O3/c29-23-14-32-25(34-26(23)33-20-6-7-22-17(11-20)2-1-3-24(22)36)18-4-5-19-15-35(9-8-16(19)10-18)27(37)38-21-12-28(30,31)13-21/h1-2,4-7,10-11,14,21H,3,8-9,12-13,15H2,(H,32,33,34). The number of Topliss-reactive ketones (excluding diaryl/α,β-unsaturated/α-hetero) is 1. The first-order chi connectivity index (χ1) is 18.2. The molecule has 0 radical (unpaired) electrons. The molecule has 1 aromatic heterocycles. The number of ether oxygens (including phenoxy) is 1. The lowest BCUT2D eigenvalue weighted by Crippen LogP contribution is -2.46. The Kier molecular flexibility index (Phi) is 5.89. The number of hydrogen-bond donors (Lipinski definition) is 1. The van der Waals surface area contributed by atoms with Crippen molar-refractivity contribution in [1.29, 1.82) is 0 Å². The van der Waals surface area contributed by atoms with Gasteiger partial charge in [0.05, 0.1) is 6.20 Å². The first kappa shape index (κ1) is 24.1. The molecule has 0 saturated heterocycles. The highest BCUT2D eigenvalue weighted by molar-refractivity contribution is 6.03. The number of halogens is 3. The van der Waals surface area contributed by atoms with E-state index in [1.54, 1.807) is 30.3 Å². The summed E-state index contributed by atoms with van der Waals surface area (Å²) in [6, 6.07) is 10.8. The van der Waals surface area contributed by atoms with Crippen LogP contribution >= 0.6 is 0 Å². The van der Waals surface area contributed by atoms with Crippen LogP contribution in [0.1, 0.15) is 46.3 Å². The van der Waals surface area contributed by atoms with Crippen LogP contribution in [0.3, 0.4) is 0 Å². The minimum Gasteiger partial charge on any atom is -0.446 e. The van der Waals surface area contributed by atoms with E-state index in [0.29, 0.717) is 48.6 Å². The van der Waals surface area contributed by atoms with Crippen molar-refractivity contribution in [1.82, 2.24) is 14.9 Å². The summed E-state index contributed by atoms with van der Waals surface area (Å²) in [5.41, 5.74) is 4.59. The molecular weight excluding hydrogens is 497 g/mol. The second-order valence-corrected chi connectivity index (χ2v) is 9.77. The minimum atomic E-state index is -2.74. The molecule has 10 heteroatoms. The number of rotatable bonds is 4. The molecule has 1 N–H and O–H groups in total. The predicted molar refractivity (Wildman–Crippen MR) is 134 cm³/mol. The molecule has 2 aliphatic carbocycles. The fourth-order valence-corrected chi connectivity index (χ4v) is 4.92. The summed E-state index contributed by atoms with van der Waals surface area (Å²) in [6.07, 6.45) is 3.51. The normalized spacial score (nSPS) is 17.9. The quantitative estimate of drug-likeness (QED) is 0.460. The Labute approximate surface area is 216 Å². The van der Waals surface area contributed by atoms with Crippen molar-refractivity contribution in [2.24, 2.45) is 0 Å². The van der Waals surface area contributed by atoms with Gasteiger partial charge in [-0.05, 0) is 47.4 Å². The highest BCUT2D eigenvalue weighted by atomic mass is 19.3. The molecule has 3 aliphatic rings. The van der Waals surface area contributed by atoms with Crippen LogP contribution in [0.2, 0.25) is 0 Å². The lowest BCUT2D eigenvalue weighted by Gasteiger charge is -2.36. The molecule has 194 valence electrons. The number of nitrogens with zero attached hydrogens (tertiary/aromatic N) is 3. The summed E-state index contributed by atoms with van der Waals surface area (Å²) in [5, 5.41) is 2.98. The van der Waals surface area contributed by atoms with Crippen LogP contribution in [0.25, 0.3) is 17.5 Å². The molecule has 0 atom stereocenters. The van der Waals surface area contributed by atoms with Crippen molar-refractivity contribution in [2.75, 3.05) is 11.9 Å². The molecule has 1 fully saturated rings. The summed E-state index contributed by atoms with van der Waals surface area (Å²) in [7, 11) is 0. The van der Waals surface area contributed by atoms with Crippen LogP contribution in [-0.4, -0.2) is 45.3 Å². The van der Waals surface area contributed by atoms with E-state index in [9.17, 15) is 22.8 Å². The maximum Gasteiger partial charge on any atom is 0.410 e. The number of alkyl halides is 2. The molecule has 38 heavy (non-hydrogen) atoms. The molecule has 0 spiro atoms. The number of ketones is 1. The van der Waals surface area contributed by atoms with E-state index < -0.39 is 36.8 Å². The number of hydrogen-bond acceptors (Lipinski definition) is 6. The van der Waals surface area contributed by atoms with Crippen LogP contribution in [0, 0.1) is 5.82 Å². The summed E-state index contributed by atoms with van der Waals surface area (Å²) < 4.78 is 45.8. The second kappa shape index (κ2) is 9.27. The van der Waals surface area contributed by atoms with Gasteiger partial charge in [-0.1, -0.05) is 24.3 Å². The van der Waals surface area contributed by atoms with E-state index in [0.717, 1.165) is 22.9 Å². The van der Waals surface area contributed by atoms with E-state index in [1.165, 1.54) is 4.90 Å². The number of anilines is 2. The van der Waals surface area contributed by atoms with E-state index in [2.05, 4.69) is 15.3 Å². The van der Waals surface area contributed by atoms with Crippen molar-refractivity contribution >= 4 is 29.5 Å². The van der Waals surface area contributed by atoms with Crippen LogP contribution in [0.5, 0.6) is 0 Å². The Balaban J connectivity index is 1.17. The monoisotopic (exact) mass is 520 g/mol. The summed E-state index contributed by atoms with van der Waals surface area (Å²) >= 11 is 0. The Morgan fingerprint density at radius 2 is 1.97 bits per heavy atom. The highest BCUT2D eigenvalue weighted by Crippen LogP contribution is 2.39. The fraction of sp³-hybridized carbons (Fsp3) is 0.286. The molecule has 6 rings (SSSR count). The Morgan fingerprint density at radius 1 is 1.13 bits per heavy atom. The average molecular weight is 521 g/mol. The molecule has 7 nitrogen and oxygen atoms in total. The molecule has 1 saturated carbocycles. The van der Waals surface area contributed by atoms with Gasteiger partial charge < -0.3 is 15.0 Å². The number of amides is 1. The third kappa shape index (κ3) is 4.73. The summed E-state index contributed by atoms with van der Waals surface area (Å²) in [4.78, 5) is 34.5. The number of fused-ring (bicyclic) bond motifs is 2. The van der Waals surface area contributed by atoms with E-state index in [-0.39, 0.29) is 11.6 Å². The molecule has 1 aliphatic heterocycles. The smallest absolute Gasteiger partial charge is 0.410 e. The summed E-state index contributed by atoms with van der Waals surface area (Å²) in [6.45, 7) is 0.703. The number of benzene rings is 2. The zero-order valence-corrected chi connectivity index (χ0v) is 20.2. The van der Waals surface area contributed by atoms with Gasteiger partial charge in [-0.3, -0.25) is 4.79 Å². The van der Waals surface area contributed by atoms with Crippen molar-refractivity contribution in [3.8, 4) is 11.4 Å². The second-order valence-electron chi connectivity index (χ2n) is 9.77. The van der Waals surface area contributed by atoms with Crippen LogP contribution in [0.15, 0.2) is 48.7 Å². The minimum absolute atomic E-state index is 0.00859. The summed E-state index contributed by atoms with van der Waals surface area (Å²) in [5.74, 6) is -2.98. The van der Waals surface area contributed by atoms with Crippen LogP contribution in [-0.2, 0) is 17.7 Å². The van der Waals surface area contributed by atoms with Crippen LogP contribution in [0.4, 0.5) is 29.5 Å². The van der Waals surface area contributed by atoms with Gasteiger partial charge in [-0.15, -0.1) is 0 Å². The molecule has 0 unspecified atom stereocenters. The van der Waals surface area contributed by atoms with Gasteiger partial charge in [-0.2, -0.15) is 0 Å². The van der Waals surface area contributed by atoms with Crippen molar-refractivity contribution < 1.29 is 27.5 Å². The number of allylic oxidation sites excluding steroid dienone is 1. The maximum absolute atomic E-state index is 14.6. The molecule has 1 amide bonds. The van der Waals surface area contributed by atoms with Crippen molar-refractivity contribution in [3.05, 3.63) is 76.7 Å². The SMILES string of the molecule is O=C1CC=Cc2cc(Nc3nc(-c4ccc5c(c4)CCN(C(=O)OC4CC(F)(F)C4)C5)ncc3F)ccc21. The number of nitrogens with one attached hydrogen (secondary N) is 1. The van der Waals surface area contributed by atoms with Gasteiger partial charge in [0.15, 0.2) is 23.2 Å². The van der Waals surface area contributed by atoms with Gasteiger partial charge in [0.2, 0.25) is 0 Å². The molecular formula is C28H23F3N4O3.